The van der Waals surface area contributed by atoms with Crippen molar-refractivity contribution in [2.75, 3.05) is 7.11 Å². The number of amides is 1. The molecule has 0 bridgehead atoms. The third-order valence-corrected chi connectivity index (χ3v) is 5.43. The van der Waals surface area contributed by atoms with Crippen LogP contribution in [0.3, 0.4) is 0 Å². The fourth-order valence-electron chi connectivity index (χ4n) is 2.81. The molecule has 1 heterocycles. The second-order valence-electron chi connectivity index (χ2n) is 6.75. The molecule has 1 amide bonds. The number of hydrogen-bond acceptors (Lipinski definition) is 6. The number of nitrogens with zero attached hydrogens (tertiary/aromatic N) is 1. The number of hydrogen-bond donors (Lipinski definition) is 1. The third kappa shape index (κ3) is 4.63. The second-order valence-corrected chi connectivity index (χ2v) is 7.60. The fraction of sp³-hybridized carbons (Fsp3) is 0.227. The summed E-state index contributed by atoms with van der Waals surface area (Å²) in [5, 5.41) is 5.24. The van der Waals surface area contributed by atoms with Gasteiger partial charge >= 0.3 is 5.97 Å². The van der Waals surface area contributed by atoms with Crippen LogP contribution in [0.25, 0.3) is 10.6 Å². The number of carbonyl (C=O) groups is 2. The second kappa shape index (κ2) is 8.45. The minimum Gasteiger partial charge on any atom is -0.497 e. The Morgan fingerprint density at radius 3 is 2.48 bits per heavy atom. The molecule has 2 aromatic carbocycles. The number of benzene rings is 2. The van der Waals surface area contributed by atoms with E-state index in [1.807, 2.05) is 42.5 Å². The molecule has 1 atom stereocenters. The number of rotatable bonds is 7. The van der Waals surface area contributed by atoms with Gasteiger partial charge in [0.15, 0.2) is 5.69 Å². The number of nitrogens with one attached hydrogen (secondary N) is 1. The van der Waals surface area contributed by atoms with E-state index in [-0.39, 0.29) is 17.6 Å². The van der Waals surface area contributed by atoms with Gasteiger partial charge in [-0.05, 0) is 37.1 Å². The Hall–Kier alpha value is -3.19. The number of ether oxygens (including phenoxy) is 2. The maximum atomic E-state index is 12.7. The average molecular weight is 408 g/mol. The zero-order valence-corrected chi connectivity index (χ0v) is 16.6. The molecule has 7 heteroatoms. The number of esters is 1. The van der Waals surface area contributed by atoms with Crippen molar-refractivity contribution in [1.82, 2.24) is 10.3 Å². The lowest BCUT2D eigenvalue weighted by Gasteiger charge is -2.17. The van der Waals surface area contributed by atoms with Crippen LogP contribution in [-0.4, -0.2) is 30.0 Å². The van der Waals surface area contributed by atoms with Crippen LogP contribution in [0, 0.1) is 0 Å². The fourth-order valence-corrected chi connectivity index (χ4v) is 3.60. The predicted octanol–water partition coefficient (Wildman–Crippen LogP) is 4.00. The van der Waals surface area contributed by atoms with Crippen LogP contribution in [-0.2, 0) is 9.53 Å². The van der Waals surface area contributed by atoms with E-state index in [9.17, 15) is 9.59 Å². The van der Waals surface area contributed by atoms with Crippen molar-refractivity contribution in [3.63, 3.8) is 0 Å². The van der Waals surface area contributed by atoms with Crippen molar-refractivity contribution in [2.24, 2.45) is 0 Å². The van der Waals surface area contributed by atoms with Gasteiger partial charge in [-0.15, -0.1) is 11.3 Å². The van der Waals surface area contributed by atoms with E-state index in [1.165, 1.54) is 11.3 Å². The van der Waals surface area contributed by atoms with Gasteiger partial charge in [0, 0.05) is 22.5 Å². The predicted molar refractivity (Wildman–Crippen MR) is 110 cm³/mol. The van der Waals surface area contributed by atoms with Crippen molar-refractivity contribution >= 4 is 23.2 Å². The monoisotopic (exact) mass is 408 g/mol. The van der Waals surface area contributed by atoms with Crippen molar-refractivity contribution in [3.05, 3.63) is 71.2 Å². The zero-order chi connectivity index (χ0) is 20.2. The summed E-state index contributed by atoms with van der Waals surface area (Å²) in [4.78, 5) is 29.7. The molecular weight excluding hydrogens is 388 g/mol. The van der Waals surface area contributed by atoms with Crippen molar-refractivity contribution in [3.8, 4) is 16.3 Å². The lowest BCUT2D eigenvalue weighted by molar-refractivity contribution is -0.130. The summed E-state index contributed by atoms with van der Waals surface area (Å²) in [6, 6.07) is 16.6. The molecule has 0 spiro atoms. The molecule has 1 aromatic heterocycles. The molecule has 0 radical (unpaired) electrons. The molecule has 1 aliphatic rings. The normalized spacial score (nSPS) is 14.1. The van der Waals surface area contributed by atoms with Crippen molar-refractivity contribution in [2.45, 2.75) is 25.0 Å². The van der Waals surface area contributed by atoms with E-state index in [4.69, 9.17) is 9.47 Å². The van der Waals surface area contributed by atoms with Crippen LogP contribution in [0.1, 0.15) is 35.0 Å². The first-order chi connectivity index (χ1) is 14.1. The molecule has 1 N–H and O–H groups in total. The van der Waals surface area contributed by atoms with Gasteiger partial charge in [0.05, 0.1) is 7.11 Å². The SMILES string of the molecule is COc1ccc(-c2nc(C(=O)O[C@H](C(=O)NC3CC3)c3ccccc3)cs2)cc1. The van der Waals surface area contributed by atoms with Gasteiger partial charge in [0.1, 0.15) is 10.8 Å². The highest BCUT2D eigenvalue weighted by atomic mass is 32.1. The van der Waals surface area contributed by atoms with Gasteiger partial charge in [0.25, 0.3) is 5.91 Å². The molecule has 0 unspecified atom stereocenters. The van der Waals surface area contributed by atoms with Crippen molar-refractivity contribution in [1.29, 1.82) is 0 Å². The highest BCUT2D eigenvalue weighted by Crippen LogP contribution is 2.28. The van der Waals surface area contributed by atoms with Crippen LogP contribution in [0.4, 0.5) is 0 Å². The minimum atomic E-state index is -1.00. The quantitative estimate of drug-likeness (QED) is 0.598. The van der Waals surface area contributed by atoms with Crippen LogP contribution in [0.15, 0.2) is 60.0 Å². The van der Waals surface area contributed by atoms with Gasteiger partial charge < -0.3 is 14.8 Å². The number of aromatic nitrogens is 1. The lowest BCUT2D eigenvalue weighted by Crippen LogP contribution is -2.33. The maximum absolute atomic E-state index is 12.7. The number of methoxy groups -OCH3 is 1. The van der Waals surface area contributed by atoms with E-state index in [0.717, 1.165) is 24.2 Å². The minimum absolute atomic E-state index is 0.174. The van der Waals surface area contributed by atoms with Crippen molar-refractivity contribution < 1.29 is 19.1 Å². The van der Waals surface area contributed by atoms with Crippen LogP contribution >= 0.6 is 11.3 Å². The third-order valence-electron chi connectivity index (χ3n) is 4.54. The molecular formula is C22H20N2O4S. The first kappa shape index (κ1) is 19.1. The Kier molecular flexibility index (Phi) is 5.57. The van der Waals surface area contributed by atoms with Gasteiger partial charge in [0.2, 0.25) is 6.10 Å². The lowest BCUT2D eigenvalue weighted by atomic mass is 10.1. The molecule has 0 saturated heterocycles. The summed E-state index contributed by atoms with van der Waals surface area (Å²) >= 11 is 1.34. The summed E-state index contributed by atoms with van der Waals surface area (Å²) < 4.78 is 10.7. The van der Waals surface area contributed by atoms with E-state index in [2.05, 4.69) is 10.3 Å². The molecule has 4 rings (SSSR count). The topological polar surface area (TPSA) is 77.5 Å². The molecule has 3 aromatic rings. The Labute approximate surface area is 172 Å². The van der Waals surface area contributed by atoms with Gasteiger partial charge in [-0.1, -0.05) is 30.3 Å². The summed E-state index contributed by atoms with van der Waals surface area (Å²) in [6.07, 6.45) is 0.909. The van der Waals surface area contributed by atoms with E-state index in [1.54, 1.807) is 24.6 Å². The van der Waals surface area contributed by atoms with Crippen LogP contribution in [0.2, 0.25) is 0 Å². The maximum Gasteiger partial charge on any atom is 0.358 e. The van der Waals surface area contributed by atoms with Gasteiger partial charge in [-0.3, -0.25) is 4.79 Å². The highest BCUT2D eigenvalue weighted by Gasteiger charge is 2.31. The molecule has 1 aliphatic carbocycles. The Balaban J connectivity index is 1.51. The number of thiazole rings is 1. The molecule has 29 heavy (non-hydrogen) atoms. The zero-order valence-electron chi connectivity index (χ0n) is 15.8. The first-order valence-electron chi connectivity index (χ1n) is 9.30. The standard InChI is InChI=1S/C22H20N2O4S/c1-27-17-11-7-15(8-12-17)21-24-18(13-29-21)22(26)28-19(14-5-3-2-4-6-14)20(25)23-16-9-10-16/h2-8,11-13,16,19H,9-10H2,1H3,(H,23,25)/t19-/m0/s1. The molecule has 6 nitrogen and oxygen atoms in total. The van der Waals surface area contributed by atoms with E-state index < -0.39 is 12.1 Å². The Bertz CT molecular complexity index is 997. The van der Waals surface area contributed by atoms with Gasteiger partial charge in [-0.25, -0.2) is 9.78 Å². The van der Waals surface area contributed by atoms with E-state index in [0.29, 0.717) is 10.6 Å². The largest absolute Gasteiger partial charge is 0.497 e. The molecule has 1 saturated carbocycles. The summed E-state index contributed by atoms with van der Waals surface area (Å²) in [5.74, 6) is -0.184. The molecule has 148 valence electrons. The number of carbonyl (C=O) groups excluding carboxylic acids is 2. The summed E-state index contributed by atoms with van der Waals surface area (Å²) in [5.41, 5.74) is 1.69. The van der Waals surface area contributed by atoms with Crippen LogP contribution in [0.5, 0.6) is 5.75 Å². The Morgan fingerprint density at radius 2 is 1.83 bits per heavy atom. The smallest absolute Gasteiger partial charge is 0.358 e. The average Bonchev–Trinajstić information content (AvgIpc) is 3.43. The summed E-state index contributed by atoms with van der Waals surface area (Å²) in [6.45, 7) is 0. The molecule has 0 aliphatic heterocycles. The van der Waals surface area contributed by atoms with E-state index >= 15 is 0 Å². The molecule has 1 fully saturated rings. The van der Waals surface area contributed by atoms with Crippen LogP contribution < -0.4 is 10.1 Å². The summed E-state index contributed by atoms with van der Waals surface area (Å²) in [7, 11) is 1.61. The Morgan fingerprint density at radius 1 is 1.10 bits per heavy atom. The van der Waals surface area contributed by atoms with Gasteiger partial charge in [-0.2, -0.15) is 0 Å². The first-order valence-corrected chi connectivity index (χ1v) is 10.2. The highest BCUT2D eigenvalue weighted by molar-refractivity contribution is 7.13.